The van der Waals surface area contributed by atoms with Crippen LogP contribution >= 0.6 is 22.6 Å². The zero-order valence-electron chi connectivity index (χ0n) is 20.3. The number of halogens is 1. The highest BCUT2D eigenvalue weighted by Gasteiger charge is 2.39. The fraction of sp³-hybridized carbons (Fsp3) is 0.667. The second-order valence-corrected chi connectivity index (χ2v) is 10.9. The molecule has 1 aromatic rings. The number of likely N-dealkylation sites (tertiary alicyclic amines) is 2. The molecule has 188 valence electrons. The van der Waals surface area contributed by atoms with Crippen LogP contribution in [0.1, 0.15) is 63.4 Å². The summed E-state index contributed by atoms with van der Waals surface area (Å²) in [4.78, 5) is 18.2. The molecule has 0 radical (unpaired) electrons. The number of piperidine rings is 2. The van der Waals surface area contributed by atoms with Crippen LogP contribution in [0.25, 0.3) is 0 Å². The number of aliphatic hydroxyl groups excluding tert-OH is 1. The van der Waals surface area contributed by atoms with Crippen molar-refractivity contribution in [2.45, 2.75) is 70.1 Å². The van der Waals surface area contributed by atoms with Crippen molar-refractivity contribution in [1.82, 2.24) is 9.80 Å². The summed E-state index contributed by atoms with van der Waals surface area (Å²) < 4.78 is 13.4. The Morgan fingerprint density at radius 3 is 2.47 bits per heavy atom. The smallest absolute Gasteiger partial charge is 0.288 e. The standard InChI is InChI=1S/C27H39IN2O4/c1-2-33-27-23(7-6-18-31)24(20-8-10-21(28)11-9-20)19-25(34-27)26(32)30-16-12-22(13-17-30)29-14-4-3-5-15-29/h8-11,19,22-24,27,31H,2-7,12-18H2,1H3/t23-,24-,27-/m1/s1. The molecule has 3 aliphatic rings. The molecule has 0 unspecified atom stereocenters. The molecule has 0 saturated carbocycles. The van der Waals surface area contributed by atoms with Crippen molar-refractivity contribution in [3.05, 3.63) is 45.2 Å². The van der Waals surface area contributed by atoms with Gasteiger partial charge in [-0.2, -0.15) is 0 Å². The van der Waals surface area contributed by atoms with Gasteiger partial charge in [0.05, 0.1) is 0 Å². The van der Waals surface area contributed by atoms with Gasteiger partial charge in [-0.15, -0.1) is 0 Å². The minimum atomic E-state index is -0.490. The van der Waals surface area contributed by atoms with Crippen molar-refractivity contribution in [3.63, 3.8) is 0 Å². The Morgan fingerprint density at radius 2 is 1.82 bits per heavy atom. The molecule has 1 aromatic carbocycles. The van der Waals surface area contributed by atoms with Gasteiger partial charge in [0.2, 0.25) is 6.29 Å². The van der Waals surface area contributed by atoms with Crippen LogP contribution in [0.15, 0.2) is 36.1 Å². The maximum atomic E-state index is 13.6. The van der Waals surface area contributed by atoms with Gasteiger partial charge in [-0.25, -0.2) is 0 Å². The summed E-state index contributed by atoms with van der Waals surface area (Å²) in [6, 6.07) is 9.07. The van der Waals surface area contributed by atoms with E-state index >= 15 is 0 Å². The van der Waals surface area contributed by atoms with E-state index in [0.29, 0.717) is 24.8 Å². The van der Waals surface area contributed by atoms with Crippen LogP contribution in [0, 0.1) is 9.49 Å². The Balaban J connectivity index is 1.51. The number of carbonyl (C=O) groups excluding carboxylic acids is 1. The number of ether oxygens (including phenoxy) is 2. The predicted octanol–water partition coefficient (Wildman–Crippen LogP) is 4.52. The molecule has 2 saturated heterocycles. The first-order valence-corrected chi connectivity index (χ1v) is 14.1. The minimum Gasteiger partial charge on any atom is -0.459 e. The highest BCUT2D eigenvalue weighted by Crippen LogP contribution is 2.40. The van der Waals surface area contributed by atoms with E-state index < -0.39 is 6.29 Å². The molecule has 6 nitrogen and oxygen atoms in total. The van der Waals surface area contributed by atoms with Crippen LogP contribution < -0.4 is 0 Å². The van der Waals surface area contributed by atoms with Gasteiger partial charge in [-0.3, -0.25) is 4.79 Å². The van der Waals surface area contributed by atoms with Crippen LogP contribution in [-0.4, -0.2) is 72.5 Å². The van der Waals surface area contributed by atoms with E-state index in [2.05, 4.69) is 51.8 Å². The molecule has 3 heterocycles. The molecule has 0 aromatic heterocycles. The molecule has 3 atom stereocenters. The first kappa shape index (κ1) is 25.9. The van der Waals surface area contributed by atoms with Gasteiger partial charge in [-0.1, -0.05) is 18.6 Å². The molecular formula is C27H39IN2O4. The SMILES string of the molecule is CCO[C@@H]1OC(C(=O)N2CCC(N3CCCCC3)CC2)=C[C@H](c2ccc(I)cc2)[C@H]1CCCO. The van der Waals surface area contributed by atoms with E-state index in [9.17, 15) is 9.90 Å². The molecule has 3 aliphatic heterocycles. The molecule has 4 rings (SSSR count). The lowest BCUT2D eigenvalue weighted by molar-refractivity contribution is -0.171. The molecule has 2 fully saturated rings. The number of hydrogen-bond acceptors (Lipinski definition) is 5. The summed E-state index contributed by atoms with van der Waals surface area (Å²) in [5.41, 5.74) is 1.16. The van der Waals surface area contributed by atoms with E-state index in [1.54, 1.807) is 0 Å². The summed E-state index contributed by atoms with van der Waals surface area (Å²) in [6.45, 7) is 6.58. The highest BCUT2D eigenvalue weighted by atomic mass is 127. The van der Waals surface area contributed by atoms with Crippen LogP contribution in [0.5, 0.6) is 0 Å². The molecule has 1 amide bonds. The molecule has 0 bridgehead atoms. The summed E-state index contributed by atoms with van der Waals surface area (Å²) in [7, 11) is 0. The lowest BCUT2D eigenvalue weighted by Gasteiger charge is -2.41. The van der Waals surface area contributed by atoms with Gasteiger partial charge in [0, 0.05) is 47.8 Å². The fourth-order valence-corrected chi connectivity index (χ4v) is 6.06. The molecular weight excluding hydrogens is 543 g/mol. The third-order valence-electron chi connectivity index (χ3n) is 7.54. The number of aliphatic hydroxyl groups is 1. The summed E-state index contributed by atoms with van der Waals surface area (Å²) in [6.07, 6.45) is 9.00. The highest BCUT2D eigenvalue weighted by molar-refractivity contribution is 14.1. The third kappa shape index (κ3) is 6.33. The minimum absolute atomic E-state index is 0.0127. The first-order valence-electron chi connectivity index (χ1n) is 13.0. The topological polar surface area (TPSA) is 62.2 Å². The fourth-order valence-electron chi connectivity index (χ4n) is 5.70. The lowest BCUT2D eigenvalue weighted by Crippen LogP contribution is -2.49. The normalized spacial score (nSPS) is 26.7. The van der Waals surface area contributed by atoms with Gasteiger partial charge >= 0.3 is 0 Å². The van der Waals surface area contributed by atoms with Crippen molar-refractivity contribution >= 4 is 28.5 Å². The van der Waals surface area contributed by atoms with Crippen molar-refractivity contribution in [2.24, 2.45) is 5.92 Å². The quantitative estimate of drug-likeness (QED) is 0.457. The summed E-state index contributed by atoms with van der Waals surface area (Å²) in [5, 5.41) is 9.47. The van der Waals surface area contributed by atoms with Gasteiger partial charge in [0.1, 0.15) is 0 Å². The van der Waals surface area contributed by atoms with Gasteiger partial charge < -0.3 is 24.4 Å². The second-order valence-electron chi connectivity index (χ2n) is 9.70. The van der Waals surface area contributed by atoms with Crippen LogP contribution in [0.3, 0.4) is 0 Å². The number of amides is 1. The maximum Gasteiger partial charge on any atom is 0.288 e. The number of allylic oxidation sites excluding steroid dienone is 1. The van der Waals surface area contributed by atoms with Crippen LogP contribution in [0.2, 0.25) is 0 Å². The Hall–Kier alpha value is -1.16. The van der Waals surface area contributed by atoms with E-state index in [1.165, 1.54) is 35.9 Å². The first-order chi connectivity index (χ1) is 16.6. The lowest BCUT2D eigenvalue weighted by atomic mass is 9.80. The van der Waals surface area contributed by atoms with Crippen molar-refractivity contribution in [1.29, 1.82) is 0 Å². The molecule has 34 heavy (non-hydrogen) atoms. The Kier molecular flexibility index (Phi) is 9.68. The second kappa shape index (κ2) is 12.7. The Labute approximate surface area is 217 Å². The van der Waals surface area contributed by atoms with Crippen molar-refractivity contribution in [3.8, 4) is 0 Å². The van der Waals surface area contributed by atoms with Gasteiger partial charge in [-0.05, 0) is 105 Å². The molecule has 1 N–H and O–H groups in total. The van der Waals surface area contributed by atoms with Gasteiger partial charge in [0.15, 0.2) is 5.76 Å². The summed E-state index contributed by atoms with van der Waals surface area (Å²) in [5.74, 6) is 0.462. The summed E-state index contributed by atoms with van der Waals surface area (Å²) >= 11 is 2.31. The van der Waals surface area contributed by atoms with Crippen molar-refractivity contribution < 1.29 is 19.4 Å². The third-order valence-corrected chi connectivity index (χ3v) is 8.26. The zero-order chi connectivity index (χ0) is 23.9. The largest absolute Gasteiger partial charge is 0.459 e. The molecule has 0 aliphatic carbocycles. The average Bonchev–Trinajstić information content (AvgIpc) is 2.88. The van der Waals surface area contributed by atoms with Crippen LogP contribution in [0.4, 0.5) is 0 Å². The maximum absolute atomic E-state index is 13.6. The average molecular weight is 583 g/mol. The zero-order valence-corrected chi connectivity index (χ0v) is 22.5. The van der Waals surface area contributed by atoms with E-state index in [4.69, 9.17) is 9.47 Å². The Bertz CT molecular complexity index is 816. The van der Waals surface area contributed by atoms with Gasteiger partial charge in [0.25, 0.3) is 5.91 Å². The van der Waals surface area contributed by atoms with E-state index in [1.807, 2.05) is 17.9 Å². The molecule has 7 heteroatoms. The van der Waals surface area contributed by atoms with E-state index in [-0.39, 0.29) is 24.3 Å². The number of carbonyl (C=O) groups is 1. The number of nitrogens with zero attached hydrogens (tertiary/aromatic N) is 2. The van der Waals surface area contributed by atoms with Crippen LogP contribution in [-0.2, 0) is 14.3 Å². The van der Waals surface area contributed by atoms with Crippen molar-refractivity contribution in [2.75, 3.05) is 39.4 Å². The predicted molar refractivity (Wildman–Crippen MR) is 141 cm³/mol. The number of benzene rings is 1. The Morgan fingerprint density at radius 1 is 1.12 bits per heavy atom. The number of hydrogen-bond donors (Lipinski definition) is 1. The monoisotopic (exact) mass is 582 g/mol. The van der Waals surface area contributed by atoms with E-state index in [0.717, 1.165) is 37.9 Å². The molecule has 0 spiro atoms. The number of rotatable bonds is 8.